The lowest BCUT2D eigenvalue weighted by Crippen LogP contribution is -2.51. The van der Waals surface area contributed by atoms with Crippen LogP contribution in [-0.4, -0.2) is 54.5 Å². The summed E-state index contributed by atoms with van der Waals surface area (Å²) in [6.45, 7) is 4.64. The van der Waals surface area contributed by atoms with Crippen molar-refractivity contribution in [2.24, 2.45) is 0 Å². The van der Waals surface area contributed by atoms with E-state index in [0.717, 1.165) is 17.0 Å². The first-order chi connectivity index (χ1) is 14.0. The van der Waals surface area contributed by atoms with Gasteiger partial charge in [0, 0.05) is 43.3 Å². The molecule has 0 saturated carbocycles. The molecule has 0 aromatic heterocycles. The molecule has 2 aromatic carbocycles. The molecule has 1 fully saturated rings. The molecule has 29 heavy (non-hydrogen) atoms. The number of benzene rings is 2. The third-order valence-corrected chi connectivity index (χ3v) is 5.06. The Bertz CT molecular complexity index is 833. The maximum absolute atomic E-state index is 12.4. The molecule has 0 bridgehead atoms. The van der Waals surface area contributed by atoms with Gasteiger partial charge < -0.3 is 19.9 Å². The zero-order valence-corrected chi connectivity index (χ0v) is 17.3. The summed E-state index contributed by atoms with van der Waals surface area (Å²) in [4.78, 5) is 28.4. The molecular weight excluding hydrogens is 390 g/mol. The Labute approximate surface area is 176 Å². The average molecular weight is 416 g/mol. The summed E-state index contributed by atoms with van der Waals surface area (Å²) in [5.41, 5.74) is 1.88. The lowest BCUT2D eigenvalue weighted by Gasteiger charge is -2.34. The second-order valence-corrected chi connectivity index (χ2v) is 7.51. The van der Waals surface area contributed by atoms with Gasteiger partial charge in [-0.05, 0) is 55.3 Å². The zero-order chi connectivity index (χ0) is 20.6. The lowest BCUT2D eigenvalue weighted by molar-refractivity contribution is -0.132. The van der Waals surface area contributed by atoms with Crippen molar-refractivity contribution in [2.75, 3.05) is 38.1 Å². The number of hydrogen-bond donors (Lipinski definition) is 1. The number of hydrogen-bond acceptors (Lipinski definition) is 3. The third kappa shape index (κ3) is 6.39. The van der Waals surface area contributed by atoms with Crippen LogP contribution in [0.2, 0.25) is 5.02 Å². The van der Waals surface area contributed by atoms with Crippen molar-refractivity contribution in [3.8, 4) is 5.75 Å². The van der Waals surface area contributed by atoms with Gasteiger partial charge in [0.05, 0.1) is 6.61 Å². The zero-order valence-electron chi connectivity index (χ0n) is 16.6. The molecule has 3 rings (SSSR count). The second-order valence-electron chi connectivity index (χ2n) is 7.07. The highest BCUT2D eigenvalue weighted by Crippen LogP contribution is 2.16. The van der Waals surface area contributed by atoms with E-state index in [1.54, 1.807) is 17.0 Å². The molecule has 1 aliphatic heterocycles. The van der Waals surface area contributed by atoms with Gasteiger partial charge in [0.15, 0.2) is 0 Å². The molecule has 6 nitrogen and oxygen atoms in total. The highest BCUT2D eigenvalue weighted by atomic mass is 35.5. The minimum Gasteiger partial charge on any atom is -0.494 e. The van der Waals surface area contributed by atoms with Gasteiger partial charge >= 0.3 is 6.03 Å². The molecule has 2 aromatic rings. The van der Waals surface area contributed by atoms with Crippen molar-refractivity contribution in [3.63, 3.8) is 0 Å². The largest absolute Gasteiger partial charge is 0.494 e. The van der Waals surface area contributed by atoms with Crippen molar-refractivity contribution < 1.29 is 14.3 Å². The van der Waals surface area contributed by atoms with E-state index in [9.17, 15) is 9.59 Å². The van der Waals surface area contributed by atoms with E-state index in [-0.39, 0.29) is 11.9 Å². The lowest BCUT2D eigenvalue weighted by atomic mass is 10.2. The minimum atomic E-state index is -0.126. The number of carbonyl (C=O) groups is 2. The Morgan fingerprint density at radius 3 is 2.41 bits per heavy atom. The van der Waals surface area contributed by atoms with Gasteiger partial charge in [0.1, 0.15) is 5.75 Å². The second kappa shape index (κ2) is 10.2. The fraction of sp³-hybridized carbons (Fsp3) is 0.364. The number of rotatable bonds is 6. The van der Waals surface area contributed by atoms with Gasteiger partial charge in [-0.15, -0.1) is 0 Å². The first-order valence-electron chi connectivity index (χ1n) is 9.80. The maximum atomic E-state index is 12.4. The van der Waals surface area contributed by atoms with Gasteiger partial charge in [-0.1, -0.05) is 23.7 Å². The van der Waals surface area contributed by atoms with Crippen LogP contribution in [0.25, 0.3) is 0 Å². The number of halogens is 1. The normalized spacial score (nSPS) is 13.9. The first-order valence-corrected chi connectivity index (χ1v) is 10.2. The molecule has 0 radical (unpaired) electrons. The van der Waals surface area contributed by atoms with E-state index in [4.69, 9.17) is 16.3 Å². The summed E-state index contributed by atoms with van der Waals surface area (Å²) in [5.74, 6) is 0.846. The molecule has 1 heterocycles. The Morgan fingerprint density at radius 1 is 1.03 bits per heavy atom. The molecule has 3 amide bonds. The van der Waals surface area contributed by atoms with Crippen LogP contribution in [0.4, 0.5) is 10.5 Å². The van der Waals surface area contributed by atoms with E-state index in [1.165, 1.54) is 0 Å². The maximum Gasteiger partial charge on any atom is 0.321 e. The number of amides is 3. The van der Waals surface area contributed by atoms with E-state index < -0.39 is 0 Å². The van der Waals surface area contributed by atoms with Gasteiger partial charge in [0.25, 0.3) is 0 Å². The van der Waals surface area contributed by atoms with Crippen molar-refractivity contribution in [2.45, 2.75) is 19.8 Å². The summed E-state index contributed by atoms with van der Waals surface area (Å²) >= 11 is 5.84. The summed E-state index contributed by atoms with van der Waals surface area (Å²) in [6, 6.07) is 14.8. The van der Waals surface area contributed by atoms with Gasteiger partial charge in [-0.2, -0.15) is 0 Å². The molecule has 0 aliphatic carbocycles. The summed E-state index contributed by atoms with van der Waals surface area (Å²) in [5, 5.41) is 3.58. The van der Waals surface area contributed by atoms with Crippen molar-refractivity contribution >= 4 is 29.2 Å². The fourth-order valence-electron chi connectivity index (χ4n) is 3.19. The molecule has 0 unspecified atom stereocenters. The van der Waals surface area contributed by atoms with E-state index in [1.807, 2.05) is 48.2 Å². The number of aryl methyl sites for hydroxylation is 1. The van der Waals surface area contributed by atoms with Crippen molar-refractivity contribution in [3.05, 3.63) is 59.1 Å². The number of piperazine rings is 1. The van der Waals surface area contributed by atoms with Gasteiger partial charge in [-0.25, -0.2) is 4.79 Å². The van der Waals surface area contributed by atoms with Crippen LogP contribution >= 0.6 is 11.6 Å². The SMILES string of the molecule is Cc1cccc(NC(=O)N2CCN(C(=O)CCCOc3ccc(Cl)cc3)CC2)c1. The highest BCUT2D eigenvalue weighted by molar-refractivity contribution is 6.30. The number of anilines is 1. The monoisotopic (exact) mass is 415 g/mol. The predicted octanol–water partition coefficient (Wildman–Crippen LogP) is 4.18. The molecule has 0 atom stereocenters. The van der Waals surface area contributed by atoms with Crippen molar-refractivity contribution in [1.82, 2.24) is 9.80 Å². The number of nitrogens with one attached hydrogen (secondary N) is 1. The Balaban J connectivity index is 1.35. The summed E-state index contributed by atoms with van der Waals surface area (Å²) < 4.78 is 5.62. The van der Waals surface area contributed by atoms with E-state index in [2.05, 4.69) is 5.32 Å². The summed E-state index contributed by atoms with van der Waals surface area (Å²) in [6.07, 6.45) is 1.08. The molecule has 0 spiro atoms. The number of nitrogens with zero attached hydrogens (tertiary/aromatic N) is 2. The smallest absolute Gasteiger partial charge is 0.321 e. The number of ether oxygens (including phenoxy) is 1. The quantitative estimate of drug-likeness (QED) is 0.720. The Morgan fingerprint density at radius 2 is 1.72 bits per heavy atom. The Kier molecular flexibility index (Phi) is 7.36. The topological polar surface area (TPSA) is 61.9 Å². The van der Waals surface area contributed by atoms with Crippen LogP contribution in [0.5, 0.6) is 5.75 Å². The van der Waals surface area contributed by atoms with Crippen molar-refractivity contribution in [1.29, 1.82) is 0 Å². The molecule has 1 aliphatic rings. The predicted molar refractivity (Wildman–Crippen MR) is 115 cm³/mol. The highest BCUT2D eigenvalue weighted by Gasteiger charge is 2.23. The molecule has 1 saturated heterocycles. The summed E-state index contributed by atoms with van der Waals surface area (Å²) in [7, 11) is 0. The van der Waals surface area contributed by atoms with Gasteiger partial charge in [0.2, 0.25) is 5.91 Å². The van der Waals surface area contributed by atoms with Crippen LogP contribution in [-0.2, 0) is 4.79 Å². The molecule has 7 heteroatoms. The standard InChI is InChI=1S/C22H26ClN3O3/c1-17-4-2-5-19(16-17)24-22(28)26-13-11-25(12-14-26)21(27)6-3-15-29-20-9-7-18(23)8-10-20/h2,4-5,7-10,16H,3,6,11-15H2,1H3,(H,24,28). The van der Waals surface area contributed by atoms with Gasteiger partial charge in [-0.3, -0.25) is 4.79 Å². The molecule has 154 valence electrons. The third-order valence-electron chi connectivity index (χ3n) is 4.81. The van der Waals surface area contributed by atoms with E-state index >= 15 is 0 Å². The number of urea groups is 1. The van der Waals surface area contributed by atoms with Crippen LogP contribution < -0.4 is 10.1 Å². The molecule has 1 N–H and O–H groups in total. The number of carbonyl (C=O) groups excluding carboxylic acids is 2. The minimum absolute atomic E-state index is 0.100. The Hall–Kier alpha value is -2.73. The van der Waals surface area contributed by atoms with Crippen LogP contribution in [0.15, 0.2) is 48.5 Å². The van der Waals surface area contributed by atoms with Crippen LogP contribution in [0.3, 0.4) is 0 Å². The van der Waals surface area contributed by atoms with Crippen LogP contribution in [0.1, 0.15) is 18.4 Å². The first kappa shape index (κ1) is 21.0. The average Bonchev–Trinajstić information content (AvgIpc) is 2.72. The fourth-order valence-corrected chi connectivity index (χ4v) is 3.31. The van der Waals surface area contributed by atoms with Crippen LogP contribution in [0, 0.1) is 6.92 Å². The van der Waals surface area contributed by atoms with E-state index in [0.29, 0.717) is 50.7 Å². The molecular formula is C22H26ClN3O3.